The van der Waals surface area contributed by atoms with Gasteiger partial charge < -0.3 is 9.84 Å². The van der Waals surface area contributed by atoms with Crippen molar-refractivity contribution in [2.45, 2.75) is 44.6 Å². The Labute approximate surface area is 112 Å². The SMILES string of the molecule is CC1(OC(=O)c2ccc(C(=O)O)cc2)CCCCC1. The van der Waals surface area contributed by atoms with Crippen LogP contribution in [0.2, 0.25) is 0 Å². The fourth-order valence-corrected chi connectivity index (χ4v) is 2.43. The molecule has 1 aromatic carbocycles. The van der Waals surface area contributed by atoms with Crippen LogP contribution in [0.15, 0.2) is 24.3 Å². The predicted octanol–water partition coefficient (Wildman–Crippen LogP) is 3.26. The largest absolute Gasteiger partial charge is 0.478 e. The lowest BCUT2D eigenvalue weighted by atomic mass is 9.86. The zero-order valence-electron chi connectivity index (χ0n) is 11.0. The van der Waals surface area contributed by atoms with Gasteiger partial charge in [0, 0.05) is 0 Å². The van der Waals surface area contributed by atoms with Gasteiger partial charge in [-0.15, -0.1) is 0 Å². The Kier molecular flexibility index (Phi) is 3.88. The predicted molar refractivity (Wildman–Crippen MR) is 70.3 cm³/mol. The van der Waals surface area contributed by atoms with Crippen molar-refractivity contribution in [1.82, 2.24) is 0 Å². The summed E-state index contributed by atoms with van der Waals surface area (Å²) >= 11 is 0. The second-order valence-corrected chi connectivity index (χ2v) is 5.28. The normalized spacial score (nSPS) is 17.7. The highest BCUT2D eigenvalue weighted by Crippen LogP contribution is 2.31. The van der Waals surface area contributed by atoms with Crippen molar-refractivity contribution in [3.63, 3.8) is 0 Å². The van der Waals surface area contributed by atoms with Gasteiger partial charge >= 0.3 is 11.9 Å². The Morgan fingerprint density at radius 2 is 1.58 bits per heavy atom. The average Bonchev–Trinajstić information content (AvgIpc) is 2.39. The van der Waals surface area contributed by atoms with Gasteiger partial charge in [-0.05, 0) is 56.9 Å². The van der Waals surface area contributed by atoms with E-state index in [4.69, 9.17) is 9.84 Å². The van der Waals surface area contributed by atoms with Gasteiger partial charge in [-0.3, -0.25) is 0 Å². The summed E-state index contributed by atoms with van der Waals surface area (Å²) < 4.78 is 5.58. The van der Waals surface area contributed by atoms with Gasteiger partial charge in [0.2, 0.25) is 0 Å². The molecule has 0 atom stereocenters. The van der Waals surface area contributed by atoms with Crippen molar-refractivity contribution in [1.29, 1.82) is 0 Å². The summed E-state index contributed by atoms with van der Waals surface area (Å²) in [6, 6.07) is 5.83. The quantitative estimate of drug-likeness (QED) is 0.849. The van der Waals surface area contributed by atoms with Crippen LogP contribution >= 0.6 is 0 Å². The van der Waals surface area contributed by atoms with E-state index in [2.05, 4.69) is 0 Å². The number of rotatable bonds is 3. The maximum absolute atomic E-state index is 12.0. The monoisotopic (exact) mass is 262 g/mol. The second kappa shape index (κ2) is 5.43. The molecule has 1 fully saturated rings. The van der Waals surface area contributed by atoms with E-state index in [1.165, 1.54) is 30.7 Å². The van der Waals surface area contributed by atoms with E-state index in [1.54, 1.807) is 0 Å². The molecule has 2 rings (SSSR count). The molecule has 0 amide bonds. The molecule has 0 bridgehead atoms. The van der Waals surface area contributed by atoms with Crippen LogP contribution in [0.25, 0.3) is 0 Å². The third kappa shape index (κ3) is 3.34. The highest BCUT2D eigenvalue weighted by molar-refractivity contribution is 5.92. The lowest BCUT2D eigenvalue weighted by molar-refractivity contribution is -0.0269. The molecule has 1 saturated carbocycles. The van der Waals surface area contributed by atoms with Gasteiger partial charge in [0.15, 0.2) is 0 Å². The topological polar surface area (TPSA) is 63.6 Å². The number of hydrogen-bond acceptors (Lipinski definition) is 3. The maximum atomic E-state index is 12.0. The van der Waals surface area contributed by atoms with Gasteiger partial charge in [0.1, 0.15) is 5.60 Å². The number of carbonyl (C=O) groups is 2. The standard InChI is InChI=1S/C15H18O4/c1-15(9-3-2-4-10-15)19-14(18)12-7-5-11(6-8-12)13(16)17/h5-8H,2-4,9-10H2,1H3,(H,16,17). The summed E-state index contributed by atoms with van der Waals surface area (Å²) in [6.45, 7) is 1.97. The van der Waals surface area contributed by atoms with Crippen LogP contribution in [-0.2, 0) is 4.74 Å². The molecule has 1 N–H and O–H groups in total. The average molecular weight is 262 g/mol. The van der Waals surface area contributed by atoms with Crippen molar-refractivity contribution in [2.24, 2.45) is 0 Å². The van der Waals surface area contributed by atoms with Crippen LogP contribution < -0.4 is 0 Å². The molecule has 19 heavy (non-hydrogen) atoms. The van der Waals surface area contributed by atoms with Crippen molar-refractivity contribution in [3.8, 4) is 0 Å². The van der Waals surface area contributed by atoms with Gasteiger partial charge in [0.05, 0.1) is 11.1 Å². The van der Waals surface area contributed by atoms with Crippen LogP contribution in [0.3, 0.4) is 0 Å². The molecular weight excluding hydrogens is 244 g/mol. The number of hydrogen-bond donors (Lipinski definition) is 1. The molecule has 1 aliphatic carbocycles. The molecule has 0 aromatic heterocycles. The summed E-state index contributed by atoms with van der Waals surface area (Å²) in [4.78, 5) is 22.8. The summed E-state index contributed by atoms with van der Waals surface area (Å²) in [5.41, 5.74) is 0.193. The number of carboxylic acid groups (broad SMARTS) is 1. The minimum absolute atomic E-state index is 0.167. The Morgan fingerprint density at radius 3 is 2.11 bits per heavy atom. The number of ether oxygens (including phenoxy) is 1. The smallest absolute Gasteiger partial charge is 0.338 e. The first-order valence-corrected chi connectivity index (χ1v) is 6.57. The molecule has 0 spiro atoms. The Bertz CT molecular complexity index is 469. The van der Waals surface area contributed by atoms with E-state index in [0.29, 0.717) is 5.56 Å². The maximum Gasteiger partial charge on any atom is 0.338 e. The van der Waals surface area contributed by atoms with Crippen LogP contribution in [-0.4, -0.2) is 22.6 Å². The first kappa shape index (κ1) is 13.6. The molecule has 4 heteroatoms. The third-order valence-corrected chi connectivity index (χ3v) is 3.62. The van der Waals surface area contributed by atoms with E-state index >= 15 is 0 Å². The number of carbonyl (C=O) groups excluding carboxylic acids is 1. The lowest BCUT2D eigenvalue weighted by Gasteiger charge is -2.33. The molecule has 0 heterocycles. The van der Waals surface area contributed by atoms with Crippen molar-refractivity contribution in [3.05, 3.63) is 35.4 Å². The summed E-state index contributed by atoms with van der Waals surface area (Å²) in [7, 11) is 0. The minimum Gasteiger partial charge on any atom is -0.478 e. The molecule has 102 valence electrons. The Balaban J connectivity index is 2.05. The van der Waals surface area contributed by atoms with Crippen LogP contribution in [0, 0.1) is 0 Å². The molecule has 0 unspecified atom stereocenters. The molecular formula is C15H18O4. The van der Waals surface area contributed by atoms with Crippen molar-refractivity contribution >= 4 is 11.9 Å². The van der Waals surface area contributed by atoms with Gasteiger partial charge in [-0.25, -0.2) is 9.59 Å². The zero-order chi connectivity index (χ0) is 13.9. The summed E-state index contributed by atoms with van der Waals surface area (Å²) in [5.74, 6) is -1.37. The first-order chi connectivity index (χ1) is 9.00. The van der Waals surface area contributed by atoms with E-state index in [0.717, 1.165) is 25.7 Å². The summed E-state index contributed by atoms with van der Waals surface area (Å²) in [5, 5.41) is 8.80. The molecule has 0 saturated heterocycles. The fourth-order valence-electron chi connectivity index (χ4n) is 2.43. The number of carboxylic acids is 1. The van der Waals surface area contributed by atoms with Gasteiger partial charge in [0.25, 0.3) is 0 Å². The molecule has 0 radical (unpaired) electrons. The van der Waals surface area contributed by atoms with E-state index < -0.39 is 5.97 Å². The molecule has 1 aliphatic rings. The molecule has 0 aliphatic heterocycles. The van der Waals surface area contributed by atoms with Crippen LogP contribution in [0.5, 0.6) is 0 Å². The van der Waals surface area contributed by atoms with Gasteiger partial charge in [-0.2, -0.15) is 0 Å². The second-order valence-electron chi connectivity index (χ2n) is 5.28. The Hall–Kier alpha value is -1.84. The summed E-state index contributed by atoms with van der Waals surface area (Å²) in [6.07, 6.45) is 5.15. The van der Waals surface area contributed by atoms with E-state index in [-0.39, 0.29) is 17.1 Å². The van der Waals surface area contributed by atoms with Crippen molar-refractivity contribution < 1.29 is 19.4 Å². The number of esters is 1. The molecule has 1 aromatic rings. The zero-order valence-corrected chi connectivity index (χ0v) is 11.0. The highest BCUT2D eigenvalue weighted by atomic mass is 16.6. The first-order valence-electron chi connectivity index (χ1n) is 6.57. The lowest BCUT2D eigenvalue weighted by Crippen LogP contribution is -2.33. The van der Waals surface area contributed by atoms with E-state index in [9.17, 15) is 9.59 Å². The third-order valence-electron chi connectivity index (χ3n) is 3.62. The fraction of sp³-hybridized carbons (Fsp3) is 0.467. The van der Waals surface area contributed by atoms with Crippen LogP contribution in [0.4, 0.5) is 0 Å². The van der Waals surface area contributed by atoms with Crippen molar-refractivity contribution in [2.75, 3.05) is 0 Å². The molecule has 4 nitrogen and oxygen atoms in total. The number of benzene rings is 1. The minimum atomic E-state index is -1.00. The van der Waals surface area contributed by atoms with E-state index in [1.807, 2.05) is 6.92 Å². The van der Waals surface area contributed by atoms with Crippen LogP contribution in [0.1, 0.15) is 59.7 Å². The van der Waals surface area contributed by atoms with Gasteiger partial charge in [-0.1, -0.05) is 6.42 Å². The highest BCUT2D eigenvalue weighted by Gasteiger charge is 2.31. The Morgan fingerprint density at radius 1 is 1.05 bits per heavy atom. The number of aromatic carboxylic acids is 1.